The summed E-state index contributed by atoms with van der Waals surface area (Å²) in [6.07, 6.45) is 9.44. The van der Waals surface area contributed by atoms with Crippen LogP contribution >= 0.6 is 0 Å². The number of nitrogens with zero attached hydrogens (tertiary/aromatic N) is 1. The van der Waals surface area contributed by atoms with Crippen molar-refractivity contribution in [3.05, 3.63) is 47.8 Å². The maximum atomic E-state index is 12.0. The number of carbonyl (C=O) groups excluding carboxylic acids is 1. The maximum Gasteiger partial charge on any atom is 0.164 e. The van der Waals surface area contributed by atoms with Crippen molar-refractivity contribution in [3.8, 4) is 11.4 Å². The Morgan fingerprint density at radius 2 is 1.85 bits per heavy atom. The summed E-state index contributed by atoms with van der Waals surface area (Å²) >= 11 is 0. The van der Waals surface area contributed by atoms with Crippen LogP contribution in [0.25, 0.3) is 5.69 Å². The largest absolute Gasteiger partial charge is 0.494 e. The number of hydrogen-bond acceptors (Lipinski definition) is 3. The number of carbonyl (C=O) groups is 1. The second-order valence-electron chi connectivity index (χ2n) is 6.98. The minimum atomic E-state index is 0.272. The van der Waals surface area contributed by atoms with Crippen molar-refractivity contribution in [2.24, 2.45) is 0 Å². The lowest BCUT2D eigenvalue weighted by molar-refractivity contribution is 0.0972. The molecule has 2 aromatic rings. The Kier molecular flexibility index (Phi) is 6.89. The standard InChI is InChI=1S/C22H30N2O2/c1-2-3-4-14-23-15-6-17-26-19-11-9-18(10-12-19)24-16-13-20-21(24)7-5-8-22(20)25/h9-13,16,23H,2-8,14-15,17H2,1H3. The van der Waals surface area contributed by atoms with Gasteiger partial charge in [-0.1, -0.05) is 19.8 Å². The number of benzene rings is 1. The second kappa shape index (κ2) is 9.58. The van der Waals surface area contributed by atoms with Gasteiger partial charge in [-0.25, -0.2) is 0 Å². The van der Waals surface area contributed by atoms with Crippen LogP contribution in [-0.4, -0.2) is 30.0 Å². The number of ether oxygens (including phenoxy) is 1. The first-order chi connectivity index (χ1) is 12.8. The Labute approximate surface area is 156 Å². The third kappa shape index (κ3) is 4.76. The van der Waals surface area contributed by atoms with E-state index in [2.05, 4.69) is 28.9 Å². The van der Waals surface area contributed by atoms with E-state index in [0.29, 0.717) is 6.42 Å². The van der Waals surface area contributed by atoms with Gasteiger partial charge in [0, 0.05) is 29.6 Å². The zero-order valence-corrected chi connectivity index (χ0v) is 15.8. The van der Waals surface area contributed by atoms with Crippen LogP contribution in [0.15, 0.2) is 36.5 Å². The van der Waals surface area contributed by atoms with Gasteiger partial charge in [-0.3, -0.25) is 4.79 Å². The van der Waals surface area contributed by atoms with Crippen molar-refractivity contribution in [1.82, 2.24) is 9.88 Å². The van der Waals surface area contributed by atoms with E-state index in [-0.39, 0.29) is 5.78 Å². The quantitative estimate of drug-likeness (QED) is 0.637. The van der Waals surface area contributed by atoms with Gasteiger partial charge in [0.15, 0.2) is 5.78 Å². The summed E-state index contributed by atoms with van der Waals surface area (Å²) in [5.74, 6) is 1.17. The highest BCUT2D eigenvalue weighted by Gasteiger charge is 2.20. The van der Waals surface area contributed by atoms with Gasteiger partial charge in [-0.2, -0.15) is 0 Å². The number of ketones is 1. The van der Waals surface area contributed by atoms with Crippen LogP contribution in [-0.2, 0) is 6.42 Å². The fraction of sp³-hybridized carbons (Fsp3) is 0.500. The summed E-state index contributed by atoms with van der Waals surface area (Å²) in [4.78, 5) is 12.0. The van der Waals surface area contributed by atoms with E-state index in [4.69, 9.17) is 4.74 Å². The summed E-state index contributed by atoms with van der Waals surface area (Å²) < 4.78 is 7.97. The van der Waals surface area contributed by atoms with Crippen LogP contribution in [0.5, 0.6) is 5.75 Å². The van der Waals surface area contributed by atoms with E-state index in [1.165, 1.54) is 19.3 Å². The van der Waals surface area contributed by atoms with E-state index < -0.39 is 0 Å². The molecule has 4 heteroatoms. The summed E-state index contributed by atoms with van der Waals surface area (Å²) in [7, 11) is 0. The molecule has 1 aromatic carbocycles. The molecule has 1 N–H and O–H groups in total. The molecule has 0 atom stereocenters. The molecule has 26 heavy (non-hydrogen) atoms. The summed E-state index contributed by atoms with van der Waals surface area (Å²) in [6.45, 7) is 5.06. The lowest BCUT2D eigenvalue weighted by Gasteiger charge is -2.15. The van der Waals surface area contributed by atoms with Crippen LogP contribution in [0.4, 0.5) is 0 Å². The van der Waals surface area contributed by atoms with Gasteiger partial charge in [0.2, 0.25) is 0 Å². The average molecular weight is 354 g/mol. The van der Waals surface area contributed by atoms with E-state index in [0.717, 1.165) is 61.7 Å². The number of aromatic nitrogens is 1. The molecule has 0 radical (unpaired) electrons. The third-order valence-electron chi connectivity index (χ3n) is 4.95. The van der Waals surface area contributed by atoms with Crippen molar-refractivity contribution in [1.29, 1.82) is 0 Å². The molecule has 1 aliphatic rings. The number of Topliss-reactive ketones (excluding diaryl/α,β-unsaturated/α-hetero) is 1. The van der Waals surface area contributed by atoms with Crippen LogP contribution in [0.1, 0.15) is 61.5 Å². The Bertz CT molecular complexity index is 703. The van der Waals surface area contributed by atoms with E-state index in [9.17, 15) is 4.79 Å². The Morgan fingerprint density at radius 1 is 1.04 bits per heavy atom. The van der Waals surface area contributed by atoms with Crippen LogP contribution < -0.4 is 10.1 Å². The highest BCUT2D eigenvalue weighted by molar-refractivity contribution is 5.98. The summed E-state index contributed by atoms with van der Waals surface area (Å²) in [5.41, 5.74) is 3.12. The van der Waals surface area contributed by atoms with Gasteiger partial charge in [0.05, 0.1) is 6.61 Å². The Balaban J connectivity index is 1.46. The predicted octanol–water partition coefficient (Wildman–Crippen LogP) is 4.55. The van der Waals surface area contributed by atoms with Gasteiger partial charge in [-0.05, 0) is 69.1 Å². The summed E-state index contributed by atoms with van der Waals surface area (Å²) in [6, 6.07) is 10.1. The lowest BCUT2D eigenvalue weighted by Crippen LogP contribution is -2.18. The third-order valence-corrected chi connectivity index (χ3v) is 4.95. The molecule has 0 bridgehead atoms. The smallest absolute Gasteiger partial charge is 0.164 e. The van der Waals surface area contributed by atoms with Crippen molar-refractivity contribution >= 4 is 5.78 Å². The Morgan fingerprint density at radius 3 is 2.65 bits per heavy atom. The first-order valence-corrected chi connectivity index (χ1v) is 9.97. The molecule has 0 unspecified atom stereocenters. The van der Waals surface area contributed by atoms with E-state index in [1.54, 1.807) is 0 Å². The van der Waals surface area contributed by atoms with Gasteiger partial charge >= 0.3 is 0 Å². The van der Waals surface area contributed by atoms with Gasteiger partial charge in [0.1, 0.15) is 5.75 Å². The molecular formula is C22H30N2O2. The van der Waals surface area contributed by atoms with Crippen LogP contribution in [0.2, 0.25) is 0 Å². The molecule has 0 amide bonds. The zero-order valence-electron chi connectivity index (χ0n) is 15.8. The molecule has 1 aromatic heterocycles. The first-order valence-electron chi connectivity index (χ1n) is 9.97. The predicted molar refractivity (Wildman–Crippen MR) is 106 cm³/mol. The molecule has 1 heterocycles. The van der Waals surface area contributed by atoms with Gasteiger partial charge in [0.25, 0.3) is 0 Å². The number of nitrogens with one attached hydrogen (secondary N) is 1. The molecule has 0 aliphatic heterocycles. The molecule has 0 saturated heterocycles. The van der Waals surface area contributed by atoms with Crippen molar-refractivity contribution in [3.63, 3.8) is 0 Å². The maximum absolute atomic E-state index is 12.0. The highest BCUT2D eigenvalue weighted by atomic mass is 16.5. The molecule has 3 rings (SSSR count). The van der Waals surface area contributed by atoms with Gasteiger partial charge in [-0.15, -0.1) is 0 Å². The van der Waals surface area contributed by atoms with Crippen molar-refractivity contribution < 1.29 is 9.53 Å². The monoisotopic (exact) mass is 354 g/mol. The molecule has 140 valence electrons. The van der Waals surface area contributed by atoms with Gasteiger partial charge < -0.3 is 14.6 Å². The summed E-state index contributed by atoms with van der Waals surface area (Å²) in [5, 5.41) is 3.46. The number of fused-ring (bicyclic) bond motifs is 1. The molecular weight excluding hydrogens is 324 g/mol. The van der Waals surface area contributed by atoms with Crippen molar-refractivity contribution in [2.75, 3.05) is 19.7 Å². The fourth-order valence-corrected chi connectivity index (χ4v) is 3.48. The van der Waals surface area contributed by atoms with Crippen LogP contribution in [0, 0.1) is 0 Å². The average Bonchev–Trinajstić information content (AvgIpc) is 3.10. The highest BCUT2D eigenvalue weighted by Crippen LogP contribution is 2.26. The number of unbranched alkanes of at least 4 members (excludes halogenated alkanes) is 2. The Hall–Kier alpha value is -2.07. The van der Waals surface area contributed by atoms with Crippen molar-refractivity contribution in [2.45, 2.75) is 51.9 Å². The number of rotatable bonds is 10. The normalized spacial score (nSPS) is 13.7. The number of hydrogen-bond donors (Lipinski definition) is 1. The fourth-order valence-electron chi connectivity index (χ4n) is 3.48. The molecule has 1 aliphatic carbocycles. The lowest BCUT2D eigenvalue weighted by atomic mass is 9.97. The van der Waals surface area contributed by atoms with E-state index in [1.807, 2.05) is 24.4 Å². The zero-order chi connectivity index (χ0) is 18.2. The SMILES string of the molecule is CCCCCNCCCOc1ccc(-n2ccc3c2CCCC3=O)cc1. The first kappa shape index (κ1) is 18.7. The van der Waals surface area contributed by atoms with Crippen LogP contribution in [0.3, 0.4) is 0 Å². The minimum absolute atomic E-state index is 0.272. The molecule has 0 spiro atoms. The van der Waals surface area contributed by atoms with E-state index >= 15 is 0 Å². The molecule has 0 saturated carbocycles. The minimum Gasteiger partial charge on any atom is -0.494 e. The molecule has 4 nitrogen and oxygen atoms in total. The topological polar surface area (TPSA) is 43.3 Å². The second-order valence-corrected chi connectivity index (χ2v) is 6.98. The molecule has 0 fully saturated rings.